The van der Waals surface area contributed by atoms with Crippen molar-refractivity contribution in [2.45, 2.75) is 17.8 Å². The zero-order valence-corrected chi connectivity index (χ0v) is 9.47. The molecule has 64 valence electrons. The number of halogens is 1. The lowest BCUT2D eigenvalue weighted by Gasteiger charge is -2.07. The van der Waals surface area contributed by atoms with Crippen molar-refractivity contribution in [3.63, 3.8) is 0 Å². The SMILES string of the molecule is C=C(CC)c1ccccc1CI. The van der Waals surface area contributed by atoms with Crippen LogP contribution in [0.3, 0.4) is 0 Å². The summed E-state index contributed by atoms with van der Waals surface area (Å²) < 4.78 is 1.06. The second kappa shape index (κ2) is 4.65. The van der Waals surface area contributed by atoms with Crippen LogP contribution in [0.4, 0.5) is 0 Å². The van der Waals surface area contributed by atoms with Crippen LogP contribution in [0.1, 0.15) is 24.5 Å². The Morgan fingerprint density at radius 3 is 2.67 bits per heavy atom. The summed E-state index contributed by atoms with van der Waals surface area (Å²) in [5.41, 5.74) is 3.96. The molecule has 0 heterocycles. The van der Waals surface area contributed by atoms with Gasteiger partial charge in [0.2, 0.25) is 0 Å². The van der Waals surface area contributed by atoms with Gasteiger partial charge in [0, 0.05) is 4.43 Å². The number of allylic oxidation sites excluding steroid dienone is 1. The van der Waals surface area contributed by atoms with E-state index in [9.17, 15) is 0 Å². The molecule has 0 nitrogen and oxygen atoms in total. The molecule has 0 amide bonds. The summed E-state index contributed by atoms with van der Waals surface area (Å²) in [6.45, 7) is 6.19. The molecular formula is C11H13I. The van der Waals surface area contributed by atoms with E-state index in [1.54, 1.807) is 0 Å². The Balaban J connectivity index is 3.04. The predicted octanol–water partition coefficient (Wildman–Crippen LogP) is 4.04. The lowest BCUT2D eigenvalue weighted by molar-refractivity contribution is 1.23. The molecule has 0 atom stereocenters. The van der Waals surface area contributed by atoms with Gasteiger partial charge in [0.15, 0.2) is 0 Å². The van der Waals surface area contributed by atoms with Crippen molar-refractivity contribution in [2.75, 3.05) is 0 Å². The highest BCUT2D eigenvalue weighted by molar-refractivity contribution is 14.1. The fourth-order valence-corrected chi connectivity index (χ4v) is 1.84. The molecule has 1 aromatic carbocycles. The van der Waals surface area contributed by atoms with E-state index >= 15 is 0 Å². The third kappa shape index (κ3) is 2.09. The van der Waals surface area contributed by atoms with Crippen molar-refractivity contribution < 1.29 is 0 Å². The number of benzene rings is 1. The summed E-state index contributed by atoms with van der Waals surface area (Å²) in [6, 6.07) is 8.48. The fraction of sp³-hybridized carbons (Fsp3) is 0.273. The topological polar surface area (TPSA) is 0 Å². The quantitative estimate of drug-likeness (QED) is 0.575. The molecule has 0 aliphatic carbocycles. The largest absolute Gasteiger partial charge is 0.0952 e. The molecule has 1 aromatic rings. The van der Waals surface area contributed by atoms with Gasteiger partial charge in [-0.1, -0.05) is 60.4 Å². The van der Waals surface area contributed by atoms with Gasteiger partial charge in [0.1, 0.15) is 0 Å². The van der Waals surface area contributed by atoms with E-state index in [1.165, 1.54) is 16.7 Å². The van der Waals surface area contributed by atoms with Crippen LogP contribution in [-0.4, -0.2) is 0 Å². The van der Waals surface area contributed by atoms with Crippen LogP contribution in [0, 0.1) is 0 Å². The molecule has 0 radical (unpaired) electrons. The Kier molecular flexibility index (Phi) is 3.79. The van der Waals surface area contributed by atoms with Crippen LogP contribution in [0.25, 0.3) is 5.57 Å². The average Bonchev–Trinajstić information content (AvgIpc) is 2.16. The van der Waals surface area contributed by atoms with Gasteiger partial charge in [-0.25, -0.2) is 0 Å². The monoisotopic (exact) mass is 272 g/mol. The standard InChI is InChI=1S/C11H13I/c1-3-9(2)11-7-5-4-6-10(11)8-12/h4-7H,2-3,8H2,1H3. The van der Waals surface area contributed by atoms with Crippen LogP contribution in [-0.2, 0) is 4.43 Å². The number of hydrogen-bond donors (Lipinski definition) is 0. The Hall–Kier alpha value is -0.310. The maximum atomic E-state index is 4.05. The Bertz CT molecular complexity index is 276. The minimum absolute atomic E-state index is 1.04. The van der Waals surface area contributed by atoms with Gasteiger partial charge in [-0.3, -0.25) is 0 Å². The van der Waals surface area contributed by atoms with Crippen molar-refractivity contribution in [3.05, 3.63) is 42.0 Å². The summed E-state index contributed by atoms with van der Waals surface area (Å²) in [6.07, 6.45) is 1.04. The molecule has 0 fully saturated rings. The minimum Gasteiger partial charge on any atom is -0.0952 e. The lowest BCUT2D eigenvalue weighted by atomic mass is 10.0. The molecule has 1 heteroatoms. The molecule has 0 N–H and O–H groups in total. The third-order valence-electron chi connectivity index (χ3n) is 1.97. The summed E-state index contributed by atoms with van der Waals surface area (Å²) in [7, 11) is 0. The van der Waals surface area contributed by atoms with Crippen molar-refractivity contribution in [3.8, 4) is 0 Å². The molecule has 0 bridgehead atoms. The van der Waals surface area contributed by atoms with Crippen molar-refractivity contribution in [1.29, 1.82) is 0 Å². The van der Waals surface area contributed by atoms with Gasteiger partial charge in [0.05, 0.1) is 0 Å². The maximum Gasteiger partial charge on any atom is 0.0253 e. The molecule has 1 rings (SSSR count). The molecule has 0 unspecified atom stereocenters. The van der Waals surface area contributed by atoms with Gasteiger partial charge >= 0.3 is 0 Å². The third-order valence-corrected chi connectivity index (χ3v) is 2.79. The first-order chi connectivity index (χ1) is 5.79. The number of alkyl halides is 1. The molecule has 0 spiro atoms. The maximum absolute atomic E-state index is 4.05. The summed E-state index contributed by atoms with van der Waals surface area (Å²) >= 11 is 2.39. The molecule has 12 heavy (non-hydrogen) atoms. The van der Waals surface area contributed by atoms with E-state index < -0.39 is 0 Å². The summed E-state index contributed by atoms with van der Waals surface area (Å²) in [4.78, 5) is 0. The van der Waals surface area contributed by atoms with Gasteiger partial charge in [-0.15, -0.1) is 0 Å². The molecule has 0 aliphatic rings. The normalized spacial score (nSPS) is 9.83. The molecule has 0 aliphatic heterocycles. The zero-order chi connectivity index (χ0) is 8.97. The van der Waals surface area contributed by atoms with E-state index in [1.807, 2.05) is 0 Å². The highest BCUT2D eigenvalue weighted by atomic mass is 127. The van der Waals surface area contributed by atoms with Crippen LogP contribution in [0.15, 0.2) is 30.8 Å². The van der Waals surface area contributed by atoms with E-state index in [0.29, 0.717) is 0 Å². The predicted molar refractivity (Wildman–Crippen MR) is 63.5 cm³/mol. The Morgan fingerprint density at radius 2 is 2.08 bits per heavy atom. The van der Waals surface area contributed by atoms with Gasteiger partial charge in [-0.05, 0) is 23.1 Å². The average molecular weight is 272 g/mol. The van der Waals surface area contributed by atoms with E-state index in [0.717, 1.165) is 10.8 Å². The second-order valence-electron chi connectivity index (χ2n) is 2.75. The van der Waals surface area contributed by atoms with Gasteiger partial charge in [0.25, 0.3) is 0 Å². The first-order valence-electron chi connectivity index (χ1n) is 4.11. The summed E-state index contributed by atoms with van der Waals surface area (Å²) in [5, 5.41) is 0. The van der Waals surface area contributed by atoms with Crippen molar-refractivity contribution in [1.82, 2.24) is 0 Å². The molecule has 0 saturated heterocycles. The minimum atomic E-state index is 1.04. The molecular weight excluding hydrogens is 259 g/mol. The first-order valence-corrected chi connectivity index (χ1v) is 5.64. The molecule has 0 aromatic heterocycles. The number of hydrogen-bond acceptors (Lipinski definition) is 0. The number of rotatable bonds is 3. The first kappa shape index (κ1) is 9.78. The van der Waals surface area contributed by atoms with Crippen LogP contribution >= 0.6 is 22.6 Å². The molecule has 0 saturated carbocycles. The second-order valence-corrected chi connectivity index (χ2v) is 3.51. The Labute approximate surface area is 87.8 Å². The highest BCUT2D eigenvalue weighted by Gasteiger charge is 2.01. The van der Waals surface area contributed by atoms with Gasteiger partial charge in [-0.2, -0.15) is 0 Å². The van der Waals surface area contributed by atoms with Crippen LogP contribution in [0.2, 0.25) is 0 Å². The zero-order valence-electron chi connectivity index (χ0n) is 7.31. The lowest BCUT2D eigenvalue weighted by Crippen LogP contribution is -1.88. The van der Waals surface area contributed by atoms with E-state index in [4.69, 9.17) is 0 Å². The van der Waals surface area contributed by atoms with E-state index in [2.05, 4.69) is 60.4 Å². The fourth-order valence-electron chi connectivity index (χ4n) is 1.17. The van der Waals surface area contributed by atoms with E-state index in [-0.39, 0.29) is 0 Å². The van der Waals surface area contributed by atoms with Gasteiger partial charge < -0.3 is 0 Å². The van der Waals surface area contributed by atoms with Crippen LogP contribution in [0.5, 0.6) is 0 Å². The Morgan fingerprint density at radius 1 is 1.42 bits per heavy atom. The smallest absolute Gasteiger partial charge is 0.0253 e. The summed E-state index contributed by atoms with van der Waals surface area (Å²) in [5.74, 6) is 0. The van der Waals surface area contributed by atoms with Crippen molar-refractivity contribution in [2.24, 2.45) is 0 Å². The van der Waals surface area contributed by atoms with Crippen LogP contribution < -0.4 is 0 Å². The van der Waals surface area contributed by atoms with Crippen molar-refractivity contribution >= 4 is 28.2 Å². The highest BCUT2D eigenvalue weighted by Crippen LogP contribution is 2.21.